The quantitative estimate of drug-likeness (QED) is 0.727. The molecule has 2 aromatic rings. The molecular weight excluding hydrogens is 333 g/mol. The Morgan fingerprint density at radius 2 is 2.20 bits per heavy atom. The number of carboxylic acids is 1. The van der Waals surface area contributed by atoms with Crippen molar-refractivity contribution in [3.8, 4) is 5.75 Å². The molecule has 0 bridgehead atoms. The van der Waals surface area contributed by atoms with Crippen LogP contribution in [-0.2, 0) is 22.5 Å². The zero-order chi connectivity index (χ0) is 18.4. The molecule has 0 aliphatic rings. The molecule has 1 aromatic heterocycles. The summed E-state index contributed by atoms with van der Waals surface area (Å²) in [5, 5.41) is 13.4. The molecule has 0 amide bonds. The second kappa shape index (κ2) is 8.54. The van der Waals surface area contributed by atoms with E-state index >= 15 is 0 Å². The molecule has 0 radical (unpaired) electrons. The van der Waals surface area contributed by atoms with Gasteiger partial charge >= 0.3 is 5.97 Å². The number of aromatic nitrogens is 2. The predicted octanol–water partition coefficient (Wildman–Crippen LogP) is 1.66. The van der Waals surface area contributed by atoms with E-state index in [9.17, 15) is 14.3 Å². The number of carbonyl (C=O) groups is 1. The highest BCUT2D eigenvalue weighted by molar-refractivity contribution is 5.76. The van der Waals surface area contributed by atoms with Crippen LogP contribution in [0.25, 0.3) is 0 Å². The van der Waals surface area contributed by atoms with Gasteiger partial charge in [-0.15, -0.1) is 0 Å². The maximum Gasteiger partial charge on any atom is 0.325 e. The Kier molecular flexibility index (Phi) is 6.43. The number of likely N-dealkylation sites (N-methyl/N-ethyl adjacent to an activating group) is 1. The van der Waals surface area contributed by atoms with Crippen LogP contribution in [0.3, 0.4) is 0 Å². The fourth-order valence-corrected chi connectivity index (χ4v) is 2.43. The lowest BCUT2D eigenvalue weighted by Gasteiger charge is -2.24. The van der Waals surface area contributed by atoms with Crippen molar-refractivity contribution in [1.82, 2.24) is 15.0 Å². The number of hydrogen-bond acceptors (Lipinski definition) is 7. The third kappa shape index (κ3) is 4.74. The average Bonchev–Trinajstić information content (AvgIpc) is 3.00. The van der Waals surface area contributed by atoms with Crippen molar-refractivity contribution in [2.75, 3.05) is 27.9 Å². The van der Waals surface area contributed by atoms with Gasteiger partial charge in [0.1, 0.15) is 17.6 Å². The summed E-state index contributed by atoms with van der Waals surface area (Å²) in [6, 6.07) is 2.61. The Morgan fingerprint density at radius 3 is 2.84 bits per heavy atom. The zero-order valence-electron chi connectivity index (χ0n) is 14.2. The molecule has 9 heteroatoms. The van der Waals surface area contributed by atoms with E-state index in [1.54, 1.807) is 14.2 Å². The van der Waals surface area contributed by atoms with E-state index in [-0.39, 0.29) is 23.7 Å². The number of carboxylic acid groups (broad SMARTS) is 1. The highest BCUT2D eigenvalue weighted by Gasteiger charge is 2.29. The summed E-state index contributed by atoms with van der Waals surface area (Å²) in [5.74, 6) is -0.678. The second-order valence-electron chi connectivity index (χ2n) is 5.39. The first-order valence-electron chi connectivity index (χ1n) is 7.53. The van der Waals surface area contributed by atoms with Gasteiger partial charge in [0.2, 0.25) is 5.89 Å². The molecule has 0 fully saturated rings. The smallest absolute Gasteiger partial charge is 0.325 e. The molecule has 136 valence electrons. The monoisotopic (exact) mass is 353 g/mol. The van der Waals surface area contributed by atoms with Crippen molar-refractivity contribution in [1.29, 1.82) is 0 Å². The topological polar surface area (TPSA) is 97.9 Å². The van der Waals surface area contributed by atoms with Crippen LogP contribution >= 0.6 is 0 Å². The van der Waals surface area contributed by atoms with Gasteiger partial charge < -0.3 is 19.1 Å². The molecule has 0 spiro atoms. The first kappa shape index (κ1) is 18.8. The van der Waals surface area contributed by atoms with Crippen LogP contribution in [0.4, 0.5) is 4.39 Å². The molecule has 0 saturated heterocycles. The normalized spacial score (nSPS) is 12.4. The maximum absolute atomic E-state index is 13.6. The molecule has 25 heavy (non-hydrogen) atoms. The van der Waals surface area contributed by atoms with Gasteiger partial charge in [-0.2, -0.15) is 4.98 Å². The number of ether oxygens (including phenoxy) is 2. The fourth-order valence-electron chi connectivity index (χ4n) is 2.43. The highest BCUT2D eigenvalue weighted by atomic mass is 19.1. The minimum absolute atomic E-state index is 0.0800. The molecule has 0 aliphatic carbocycles. The predicted molar refractivity (Wildman–Crippen MR) is 84.7 cm³/mol. The lowest BCUT2D eigenvalue weighted by atomic mass is 10.0. The average molecular weight is 353 g/mol. The van der Waals surface area contributed by atoms with E-state index in [1.807, 2.05) is 0 Å². The van der Waals surface area contributed by atoms with Crippen LogP contribution in [0.1, 0.15) is 23.3 Å². The zero-order valence-corrected chi connectivity index (χ0v) is 14.2. The van der Waals surface area contributed by atoms with Gasteiger partial charge in [-0.05, 0) is 25.2 Å². The Balaban J connectivity index is 2.21. The van der Waals surface area contributed by atoms with Crippen molar-refractivity contribution in [3.63, 3.8) is 0 Å². The molecule has 0 saturated carbocycles. The van der Waals surface area contributed by atoms with E-state index < -0.39 is 17.8 Å². The van der Waals surface area contributed by atoms with Crippen LogP contribution in [0, 0.1) is 5.82 Å². The first-order valence-corrected chi connectivity index (χ1v) is 7.53. The van der Waals surface area contributed by atoms with E-state index in [2.05, 4.69) is 10.1 Å². The van der Waals surface area contributed by atoms with Crippen LogP contribution in [0.2, 0.25) is 0 Å². The third-order valence-electron chi connectivity index (χ3n) is 3.59. The summed E-state index contributed by atoms with van der Waals surface area (Å²) in [6.07, 6.45) is 0.490. The van der Waals surface area contributed by atoms with E-state index in [4.69, 9.17) is 14.0 Å². The lowest BCUT2D eigenvalue weighted by molar-refractivity contribution is -0.143. The molecule has 8 nitrogen and oxygen atoms in total. The van der Waals surface area contributed by atoms with Crippen molar-refractivity contribution < 1.29 is 28.3 Å². The number of nitrogens with zero attached hydrogens (tertiary/aromatic N) is 3. The summed E-state index contributed by atoms with van der Waals surface area (Å²) in [6.45, 7) is 0.531. The summed E-state index contributed by atoms with van der Waals surface area (Å²) < 4.78 is 28.8. The molecule has 1 N–H and O–H groups in total. The molecular formula is C16H20FN3O5. The van der Waals surface area contributed by atoms with E-state index in [0.717, 1.165) is 6.07 Å². The van der Waals surface area contributed by atoms with Gasteiger partial charge in [-0.1, -0.05) is 5.16 Å². The standard InChI is InChI=1S/C16H20FN3O5/c1-20(9-14-18-13(19-25-14)6-7-23-2)15(16(21)22)11-8-10(17)4-5-12(11)24-3/h4-5,8,15H,6-7,9H2,1-3H3,(H,21,22)/t15-/m1/s1. The number of halogens is 1. The lowest BCUT2D eigenvalue weighted by Crippen LogP contribution is -2.31. The Labute approximate surface area is 144 Å². The van der Waals surface area contributed by atoms with Crippen LogP contribution in [0.5, 0.6) is 5.75 Å². The molecule has 1 heterocycles. The van der Waals surface area contributed by atoms with Gasteiger partial charge in [0, 0.05) is 19.1 Å². The Morgan fingerprint density at radius 1 is 1.44 bits per heavy atom. The van der Waals surface area contributed by atoms with Crippen LogP contribution in [-0.4, -0.2) is 54.0 Å². The van der Waals surface area contributed by atoms with Gasteiger partial charge in [0.05, 0.1) is 20.3 Å². The molecule has 2 rings (SSSR count). The largest absolute Gasteiger partial charge is 0.496 e. The molecule has 0 aliphatic heterocycles. The Hall–Kier alpha value is -2.52. The van der Waals surface area contributed by atoms with Gasteiger partial charge in [0.15, 0.2) is 5.82 Å². The SMILES string of the molecule is COCCc1noc(CN(C)[C@@H](C(=O)O)c2cc(F)ccc2OC)n1. The summed E-state index contributed by atoms with van der Waals surface area (Å²) >= 11 is 0. The summed E-state index contributed by atoms with van der Waals surface area (Å²) in [7, 11) is 4.54. The second-order valence-corrected chi connectivity index (χ2v) is 5.39. The highest BCUT2D eigenvalue weighted by Crippen LogP contribution is 2.30. The summed E-state index contributed by atoms with van der Waals surface area (Å²) in [5.41, 5.74) is 0.205. The minimum atomic E-state index is -1.15. The first-order chi connectivity index (χ1) is 12.0. The van der Waals surface area contributed by atoms with Gasteiger partial charge in [-0.3, -0.25) is 9.69 Å². The number of methoxy groups -OCH3 is 2. The van der Waals surface area contributed by atoms with Crippen molar-refractivity contribution in [3.05, 3.63) is 41.3 Å². The van der Waals surface area contributed by atoms with Crippen LogP contribution in [0.15, 0.2) is 22.7 Å². The molecule has 1 aromatic carbocycles. The molecule has 1 atom stereocenters. The fraction of sp³-hybridized carbons (Fsp3) is 0.438. The number of aliphatic carboxylic acids is 1. The number of hydrogen-bond donors (Lipinski definition) is 1. The van der Waals surface area contributed by atoms with Gasteiger partial charge in [0.25, 0.3) is 0 Å². The third-order valence-corrected chi connectivity index (χ3v) is 3.59. The van der Waals surface area contributed by atoms with E-state index in [1.165, 1.54) is 24.1 Å². The molecule has 0 unspecified atom stereocenters. The van der Waals surface area contributed by atoms with Crippen LogP contribution < -0.4 is 4.74 Å². The number of rotatable bonds is 9. The van der Waals surface area contributed by atoms with E-state index in [0.29, 0.717) is 18.9 Å². The minimum Gasteiger partial charge on any atom is -0.496 e. The van der Waals surface area contributed by atoms with Gasteiger partial charge in [-0.25, -0.2) is 4.39 Å². The Bertz CT molecular complexity index is 722. The maximum atomic E-state index is 13.6. The number of benzene rings is 1. The van der Waals surface area contributed by atoms with Crippen molar-refractivity contribution in [2.24, 2.45) is 0 Å². The van der Waals surface area contributed by atoms with Crippen molar-refractivity contribution in [2.45, 2.75) is 19.0 Å². The summed E-state index contributed by atoms with van der Waals surface area (Å²) in [4.78, 5) is 17.4. The van der Waals surface area contributed by atoms with Crippen molar-refractivity contribution >= 4 is 5.97 Å².